The molecule has 5 aromatic rings. The molecule has 3 amide bonds. The third-order valence-electron chi connectivity index (χ3n) is 8.21. The van der Waals surface area contributed by atoms with Crippen molar-refractivity contribution in [3.63, 3.8) is 0 Å². The van der Waals surface area contributed by atoms with E-state index < -0.39 is 0 Å². The second kappa shape index (κ2) is 14.0. The normalized spacial score (nSPS) is 13.8. The zero-order valence-electron chi connectivity index (χ0n) is 25.5. The molecule has 234 valence electrons. The summed E-state index contributed by atoms with van der Waals surface area (Å²) < 4.78 is 0. The van der Waals surface area contributed by atoms with Gasteiger partial charge in [-0.2, -0.15) is 0 Å². The van der Waals surface area contributed by atoms with E-state index in [0.717, 1.165) is 54.9 Å². The molecule has 0 unspecified atom stereocenters. The summed E-state index contributed by atoms with van der Waals surface area (Å²) in [7, 11) is 0. The number of likely N-dealkylation sites (tertiary alicyclic amines) is 1. The van der Waals surface area contributed by atoms with E-state index >= 15 is 0 Å². The highest BCUT2D eigenvalue weighted by molar-refractivity contribution is 6.33. The summed E-state index contributed by atoms with van der Waals surface area (Å²) in [6, 6.07) is 27.0. The lowest BCUT2D eigenvalue weighted by Crippen LogP contribution is -2.45. The number of hydrogen-bond donors (Lipinski definition) is 4. The van der Waals surface area contributed by atoms with Crippen molar-refractivity contribution in [3.05, 3.63) is 112 Å². The van der Waals surface area contributed by atoms with E-state index in [-0.39, 0.29) is 23.5 Å². The third-order valence-corrected chi connectivity index (χ3v) is 8.54. The summed E-state index contributed by atoms with van der Waals surface area (Å²) in [5.41, 5.74) is 6.45. The van der Waals surface area contributed by atoms with Crippen molar-refractivity contribution in [1.29, 1.82) is 0 Å². The highest BCUT2D eigenvalue weighted by Crippen LogP contribution is 2.33. The molecule has 0 bridgehead atoms. The number of hydrogen-bond acceptors (Lipinski definition) is 5. The molecule has 0 saturated carbocycles. The van der Waals surface area contributed by atoms with Crippen LogP contribution < -0.4 is 21.5 Å². The minimum Gasteiger partial charge on any atom is -0.335 e. The fourth-order valence-corrected chi connectivity index (χ4v) is 5.88. The lowest BCUT2D eigenvalue weighted by molar-refractivity contribution is -0.115. The summed E-state index contributed by atoms with van der Waals surface area (Å²) in [6.45, 7) is 4.29. The fourth-order valence-electron chi connectivity index (χ4n) is 5.72. The number of rotatable bonds is 8. The molecule has 0 atom stereocenters. The number of carbonyl (C=O) groups excluding carboxylic acids is 2. The summed E-state index contributed by atoms with van der Waals surface area (Å²) in [5.74, 6) is -0.149. The van der Waals surface area contributed by atoms with E-state index in [1.165, 1.54) is 5.56 Å². The maximum absolute atomic E-state index is 12.7. The molecule has 46 heavy (non-hydrogen) atoms. The van der Waals surface area contributed by atoms with Crippen LogP contribution in [0.5, 0.6) is 0 Å². The second-order valence-electron chi connectivity index (χ2n) is 11.4. The van der Waals surface area contributed by atoms with E-state index in [0.29, 0.717) is 33.7 Å². The van der Waals surface area contributed by atoms with E-state index in [9.17, 15) is 14.4 Å². The molecule has 0 aliphatic carbocycles. The van der Waals surface area contributed by atoms with Gasteiger partial charge in [0.1, 0.15) is 0 Å². The lowest BCUT2D eigenvalue weighted by Gasteiger charge is -2.32. The predicted octanol–water partition coefficient (Wildman–Crippen LogP) is 7.05. The van der Waals surface area contributed by atoms with Gasteiger partial charge in [0.05, 0.1) is 27.3 Å². The van der Waals surface area contributed by atoms with Gasteiger partial charge in [0, 0.05) is 55.1 Å². The maximum Gasteiger partial charge on any atom is 0.319 e. The van der Waals surface area contributed by atoms with Crippen LogP contribution >= 0.6 is 11.6 Å². The van der Waals surface area contributed by atoms with Gasteiger partial charge in [0.25, 0.3) is 5.56 Å². The van der Waals surface area contributed by atoms with Gasteiger partial charge in [-0.1, -0.05) is 73.1 Å². The van der Waals surface area contributed by atoms with Gasteiger partial charge in [-0.3, -0.25) is 14.5 Å². The molecule has 1 fully saturated rings. The van der Waals surface area contributed by atoms with Crippen molar-refractivity contribution < 1.29 is 9.59 Å². The number of urea groups is 1. The van der Waals surface area contributed by atoms with Crippen LogP contribution in [0.25, 0.3) is 33.3 Å². The number of anilines is 2. The molecule has 3 heterocycles. The molecule has 1 saturated heterocycles. The van der Waals surface area contributed by atoms with Crippen LogP contribution in [0.2, 0.25) is 5.02 Å². The highest BCUT2D eigenvalue weighted by Gasteiger charge is 2.21. The van der Waals surface area contributed by atoms with Crippen LogP contribution in [0.3, 0.4) is 0 Å². The van der Waals surface area contributed by atoms with Crippen molar-refractivity contribution in [2.45, 2.75) is 38.8 Å². The van der Waals surface area contributed by atoms with Gasteiger partial charge in [0.2, 0.25) is 5.91 Å². The van der Waals surface area contributed by atoms with Crippen LogP contribution in [0, 0.1) is 0 Å². The Kier molecular flexibility index (Phi) is 9.42. The molecule has 1 aliphatic rings. The molecule has 9 nitrogen and oxygen atoms in total. The highest BCUT2D eigenvalue weighted by atomic mass is 35.5. The number of halogens is 1. The van der Waals surface area contributed by atoms with Crippen molar-refractivity contribution in [2.75, 3.05) is 23.7 Å². The Morgan fingerprint density at radius 1 is 0.935 bits per heavy atom. The monoisotopic (exact) mass is 634 g/mol. The Morgan fingerprint density at radius 3 is 2.43 bits per heavy atom. The molecule has 2 aromatic heterocycles. The minimum atomic E-state index is -0.286. The fraction of sp³-hybridized carbons (Fsp3) is 0.222. The van der Waals surface area contributed by atoms with E-state index in [1.807, 2.05) is 42.5 Å². The van der Waals surface area contributed by atoms with Gasteiger partial charge in [-0.15, -0.1) is 0 Å². The van der Waals surface area contributed by atoms with Crippen molar-refractivity contribution in [3.8, 4) is 22.4 Å². The van der Waals surface area contributed by atoms with Crippen molar-refractivity contribution in [2.24, 2.45) is 0 Å². The molecule has 1 aliphatic heterocycles. The summed E-state index contributed by atoms with van der Waals surface area (Å²) in [4.78, 5) is 47.0. The zero-order valence-corrected chi connectivity index (χ0v) is 26.2. The Labute approximate surface area is 272 Å². The summed E-state index contributed by atoms with van der Waals surface area (Å²) >= 11 is 6.19. The third kappa shape index (κ3) is 7.28. The lowest BCUT2D eigenvalue weighted by atomic mass is 9.97. The largest absolute Gasteiger partial charge is 0.335 e. The number of nitrogens with zero attached hydrogens (tertiary/aromatic N) is 2. The van der Waals surface area contributed by atoms with Crippen molar-refractivity contribution >= 4 is 45.8 Å². The first-order valence-corrected chi connectivity index (χ1v) is 15.8. The Morgan fingerprint density at radius 2 is 1.70 bits per heavy atom. The standard InChI is InChI=1S/C36H35ClN6O3/c1-2-33(44)41-32-20-27(12-13-30(32)37)40-36(46)39-26-15-18-43(19-16-26)22-23-8-10-25(11-9-23)34-28(24-6-4-3-5-7-24)21-29-31(42-34)14-17-38-35(29)45/h3-14,17,20-21,26H,2,15-16,18-19,22H2,1H3,(H,38,45)(H,41,44)(H2,39,40,46). The van der Waals surface area contributed by atoms with Crippen molar-refractivity contribution in [1.82, 2.24) is 20.2 Å². The average molecular weight is 635 g/mol. The summed E-state index contributed by atoms with van der Waals surface area (Å²) in [5, 5.41) is 9.64. The first-order chi connectivity index (χ1) is 22.4. The zero-order chi connectivity index (χ0) is 32.0. The van der Waals surface area contributed by atoms with Gasteiger partial charge < -0.3 is 20.9 Å². The predicted molar refractivity (Wildman–Crippen MR) is 184 cm³/mol. The number of fused-ring (bicyclic) bond motifs is 1. The van der Waals surface area contributed by atoms with Gasteiger partial charge in [-0.05, 0) is 54.3 Å². The van der Waals surface area contributed by atoms with Crippen LogP contribution in [-0.4, -0.2) is 45.9 Å². The SMILES string of the molecule is CCC(=O)Nc1cc(NC(=O)NC2CCN(Cc3ccc(-c4nc5cc[nH]c(=O)c5cc4-c4ccccc4)cc3)CC2)ccc1Cl. The number of nitrogens with one attached hydrogen (secondary N) is 4. The Hall–Kier alpha value is -4.99. The topological polar surface area (TPSA) is 119 Å². The number of benzene rings is 3. The van der Waals surface area contributed by atoms with Gasteiger partial charge >= 0.3 is 6.03 Å². The number of carbonyl (C=O) groups is 2. The quantitative estimate of drug-likeness (QED) is 0.146. The Bertz CT molecular complexity index is 1920. The molecule has 4 N–H and O–H groups in total. The number of H-pyrrole nitrogens is 1. The molecule has 0 radical (unpaired) electrons. The average Bonchev–Trinajstić information content (AvgIpc) is 3.07. The number of amides is 3. The first kappa shape index (κ1) is 31.0. The van der Waals surface area contributed by atoms with Crippen LogP contribution in [0.15, 0.2) is 95.9 Å². The maximum atomic E-state index is 12.7. The van der Waals surface area contributed by atoms with E-state index in [1.54, 1.807) is 31.3 Å². The number of pyridine rings is 2. The molecule has 10 heteroatoms. The van der Waals surface area contributed by atoms with E-state index in [2.05, 4.69) is 50.1 Å². The van der Waals surface area contributed by atoms with Gasteiger partial charge in [-0.25, -0.2) is 9.78 Å². The first-order valence-electron chi connectivity index (χ1n) is 15.4. The molecular weight excluding hydrogens is 600 g/mol. The number of aromatic amines is 1. The summed E-state index contributed by atoms with van der Waals surface area (Å²) in [6.07, 6.45) is 3.64. The number of aromatic nitrogens is 2. The minimum absolute atomic E-state index is 0.0628. The molecule has 3 aromatic carbocycles. The van der Waals surface area contributed by atoms with E-state index in [4.69, 9.17) is 16.6 Å². The second-order valence-corrected chi connectivity index (χ2v) is 11.8. The van der Waals surface area contributed by atoms with Gasteiger partial charge in [0.15, 0.2) is 0 Å². The molecular formula is C36H35ClN6O3. The molecule has 0 spiro atoms. The Balaban J connectivity index is 1.06. The molecule has 6 rings (SSSR count). The van der Waals surface area contributed by atoms with Crippen LogP contribution in [0.1, 0.15) is 31.7 Å². The van der Waals surface area contributed by atoms with Crippen LogP contribution in [-0.2, 0) is 11.3 Å². The smallest absolute Gasteiger partial charge is 0.319 e. The van der Waals surface area contributed by atoms with Crippen LogP contribution in [0.4, 0.5) is 16.2 Å². The number of piperidine rings is 1.